The zero-order valence-electron chi connectivity index (χ0n) is 19.6. The number of carbonyl (C=O) groups is 2. The van der Waals surface area contributed by atoms with Crippen LogP contribution in [0.2, 0.25) is 10.0 Å². The number of nitrogens with zero attached hydrogens (tertiary/aromatic N) is 2. The summed E-state index contributed by atoms with van der Waals surface area (Å²) in [6, 6.07) is 16.9. The SMILES string of the molecule is CCCCN(CC(=O)N1CCc2sccc2[C@H]1c1ccc(Cl)cc1Cl)C(=O)/C=C/c1ccccc1. The maximum absolute atomic E-state index is 13.7. The number of amides is 2. The number of rotatable bonds is 8. The molecule has 0 saturated heterocycles. The first kappa shape index (κ1) is 25.5. The highest BCUT2D eigenvalue weighted by Gasteiger charge is 2.34. The van der Waals surface area contributed by atoms with Crippen LogP contribution in [0.5, 0.6) is 0 Å². The third kappa shape index (κ3) is 6.16. The standard InChI is InChI=1S/C28H28Cl2N2O2S/c1-2-3-15-31(26(33)12-9-20-7-5-4-6-8-20)19-27(34)32-16-13-25-23(14-17-35-25)28(32)22-11-10-21(29)18-24(22)30/h4-12,14,17-18,28H,2-3,13,15-16,19H2,1H3/b12-9+/t28-/m1/s1. The van der Waals surface area contributed by atoms with Crippen molar-refractivity contribution in [2.45, 2.75) is 32.2 Å². The number of benzene rings is 2. The van der Waals surface area contributed by atoms with Crippen LogP contribution in [-0.2, 0) is 16.0 Å². The van der Waals surface area contributed by atoms with Gasteiger partial charge in [-0.2, -0.15) is 0 Å². The van der Waals surface area contributed by atoms with Crippen molar-refractivity contribution >= 4 is 52.4 Å². The Kier molecular flexibility index (Phi) is 8.66. The van der Waals surface area contributed by atoms with Gasteiger partial charge >= 0.3 is 0 Å². The first-order chi connectivity index (χ1) is 17.0. The van der Waals surface area contributed by atoms with E-state index in [0.29, 0.717) is 23.1 Å². The maximum atomic E-state index is 13.7. The van der Waals surface area contributed by atoms with Crippen LogP contribution in [0.3, 0.4) is 0 Å². The zero-order chi connectivity index (χ0) is 24.8. The molecule has 182 valence electrons. The molecule has 0 bridgehead atoms. The molecule has 4 rings (SSSR count). The van der Waals surface area contributed by atoms with Gasteiger partial charge in [0.25, 0.3) is 0 Å². The Labute approximate surface area is 220 Å². The molecule has 1 aliphatic rings. The van der Waals surface area contributed by atoms with E-state index in [4.69, 9.17) is 23.2 Å². The summed E-state index contributed by atoms with van der Waals surface area (Å²) in [5, 5.41) is 3.14. The van der Waals surface area contributed by atoms with Gasteiger partial charge in [0, 0.05) is 34.1 Å². The van der Waals surface area contributed by atoms with E-state index in [9.17, 15) is 9.59 Å². The molecule has 2 aromatic carbocycles. The van der Waals surface area contributed by atoms with Crippen LogP contribution < -0.4 is 0 Å². The monoisotopic (exact) mass is 526 g/mol. The first-order valence-electron chi connectivity index (χ1n) is 11.8. The van der Waals surface area contributed by atoms with E-state index in [1.165, 1.54) is 4.88 Å². The van der Waals surface area contributed by atoms with Gasteiger partial charge in [-0.3, -0.25) is 9.59 Å². The average molecular weight is 528 g/mol. The van der Waals surface area contributed by atoms with E-state index in [-0.39, 0.29) is 24.4 Å². The second-order valence-electron chi connectivity index (χ2n) is 8.56. The fraction of sp³-hybridized carbons (Fsp3) is 0.286. The predicted molar refractivity (Wildman–Crippen MR) is 145 cm³/mol. The molecule has 2 heterocycles. The lowest BCUT2D eigenvalue weighted by molar-refractivity contribution is -0.139. The molecule has 35 heavy (non-hydrogen) atoms. The molecule has 0 aliphatic carbocycles. The molecule has 0 N–H and O–H groups in total. The highest BCUT2D eigenvalue weighted by atomic mass is 35.5. The highest BCUT2D eigenvalue weighted by Crippen LogP contribution is 2.41. The van der Waals surface area contributed by atoms with Gasteiger partial charge in [-0.15, -0.1) is 11.3 Å². The Morgan fingerprint density at radius 3 is 2.66 bits per heavy atom. The molecular weight excluding hydrogens is 499 g/mol. The summed E-state index contributed by atoms with van der Waals surface area (Å²) in [5.74, 6) is -0.250. The van der Waals surface area contributed by atoms with E-state index in [0.717, 1.165) is 36.0 Å². The molecule has 0 saturated carbocycles. The maximum Gasteiger partial charge on any atom is 0.247 e. The molecule has 0 radical (unpaired) electrons. The molecule has 1 atom stereocenters. The van der Waals surface area contributed by atoms with Gasteiger partial charge in [0.2, 0.25) is 11.8 Å². The molecule has 7 heteroatoms. The fourth-order valence-corrected chi connectivity index (χ4v) is 5.77. The highest BCUT2D eigenvalue weighted by molar-refractivity contribution is 7.10. The van der Waals surface area contributed by atoms with Crippen LogP contribution in [0.25, 0.3) is 6.08 Å². The van der Waals surface area contributed by atoms with E-state index < -0.39 is 0 Å². The third-order valence-electron chi connectivity index (χ3n) is 6.18. The topological polar surface area (TPSA) is 40.6 Å². The van der Waals surface area contributed by atoms with Crippen molar-refractivity contribution in [2.24, 2.45) is 0 Å². The summed E-state index contributed by atoms with van der Waals surface area (Å²) in [5.41, 5.74) is 2.88. The van der Waals surface area contributed by atoms with Crippen molar-refractivity contribution in [3.8, 4) is 0 Å². The quantitative estimate of drug-likeness (QED) is 0.300. The smallest absolute Gasteiger partial charge is 0.247 e. The third-order valence-corrected chi connectivity index (χ3v) is 7.74. The van der Waals surface area contributed by atoms with Crippen molar-refractivity contribution in [1.29, 1.82) is 0 Å². The lowest BCUT2D eigenvalue weighted by Crippen LogP contribution is -2.46. The van der Waals surface area contributed by atoms with Crippen LogP contribution in [-0.4, -0.2) is 41.2 Å². The molecule has 2 amide bonds. The zero-order valence-corrected chi connectivity index (χ0v) is 22.0. The molecule has 4 nitrogen and oxygen atoms in total. The molecule has 1 aliphatic heterocycles. The van der Waals surface area contributed by atoms with E-state index in [1.54, 1.807) is 40.5 Å². The summed E-state index contributed by atoms with van der Waals surface area (Å²) in [6.07, 6.45) is 5.90. The average Bonchev–Trinajstić information content (AvgIpc) is 3.34. The first-order valence-corrected chi connectivity index (χ1v) is 13.4. The summed E-state index contributed by atoms with van der Waals surface area (Å²) in [4.78, 5) is 31.5. The molecule has 0 spiro atoms. The number of hydrogen-bond acceptors (Lipinski definition) is 3. The minimum atomic E-state index is -0.301. The molecule has 3 aromatic rings. The van der Waals surface area contributed by atoms with Gasteiger partial charge < -0.3 is 9.80 Å². The van der Waals surface area contributed by atoms with Gasteiger partial charge in [0.05, 0.1) is 6.04 Å². The van der Waals surface area contributed by atoms with Crippen LogP contribution >= 0.6 is 34.5 Å². The molecule has 1 aromatic heterocycles. The Morgan fingerprint density at radius 2 is 1.91 bits per heavy atom. The lowest BCUT2D eigenvalue weighted by atomic mass is 9.93. The largest absolute Gasteiger partial charge is 0.330 e. The second-order valence-corrected chi connectivity index (χ2v) is 10.4. The Morgan fingerprint density at radius 1 is 1.11 bits per heavy atom. The lowest BCUT2D eigenvalue weighted by Gasteiger charge is -2.38. The molecule has 0 fully saturated rings. The van der Waals surface area contributed by atoms with Crippen molar-refractivity contribution in [3.05, 3.63) is 97.7 Å². The van der Waals surface area contributed by atoms with Crippen molar-refractivity contribution in [2.75, 3.05) is 19.6 Å². The van der Waals surface area contributed by atoms with E-state index in [1.807, 2.05) is 41.3 Å². The van der Waals surface area contributed by atoms with Crippen molar-refractivity contribution in [3.63, 3.8) is 0 Å². The predicted octanol–water partition coefficient (Wildman–Crippen LogP) is 6.87. The van der Waals surface area contributed by atoms with Gasteiger partial charge in [0.1, 0.15) is 6.54 Å². The van der Waals surface area contributed by atoms with Crippen LogP contribution in [0.15, 0.2) is 66.1 Å². The summed E-state index contributed by atoms with van der Waals surface area (Å²) >= 11 is 14.4. The van der Waals surface area contributed by atoms with Crippen molar-refractivity contribution in [1.82, 2.24) is 9.80 Å². The number of hydrogen-bond donors (Lipinski definition) is 0. The summed E-state index contributed by atoms with van der Waals surface area (Å²) in [6.45, 7) is 3.21. The number of thiophene rings is 1. The van der Waals surface area contributed by atoms with Crippen LogP contribution in [0.1, 0.15) is 47.4 Å². The van der Waals surface area contributed by atoms with Crippen LogP contribution in [0, 0.1) is 0 Å². The van der Waals surface area contributed by atoms with Crippen LogP contribution in [0.4, 0.5) is 0 Å². The minimum absolute atomic E-state index is 0.0269. The van der Waals surface area contributed by atoms with Gasteiger partial charge in [-0.25, -0.2) is 0 Å². The van der Waals surface area contributed by atoms with E-state index in [2.05, 4.69) is 18.4 Å². The van der Waals surface area contributed by atoms with Crippen molar-refractivity contribution < 1.29 is 9.59 Å². The Hall–Kier alpha value is -2.60. The van der Waals surface area contributed by atoms with Gasteiger partial charge in [-0.1, -0.05) is 72.9 Å². The second kappa shape index (κ2) is 11.9. The normalized spacial score (nSPS) is 15.3. The number of fused-ring (bicyclic) bond motifs is 1. The van der Waals surface area contributed by atoms with E-state index >= 15 is 0 Å². The Bertz CT molecular complexity index is 1210. The summed E-state index contributed by atoms with van der Waals surface area (Å²) in [7, 11) is 0. The number of unbranched alkanes of at least 4 members (excludes halogenated alkanes) is 1. The number of carbonyl (C=O) groups excluding carboxylic acids is 2. The summed E-state index contributed by atoms with van der Waals surface area (Å²) < 4.78 is 0. The fourth-order valence-electron chi connectivity index (χ4n) is 4.35. The van der Waals surface area contributed by atoms with Gasteiger partial charge in [-0.05, 0) is 59.2 Å². The number of halogens is 2. The van der Waals surface area contributed by atoms with Gasteiger partial charge in [0.15, 0.2) is 0 Å². The Balaban J connectivity index is 1.58. The molecular formula is C28H28Cl2N2O2S. The molecule has 0 unspecified atom stereocenters. The minimum Gasteiger partial charge on any atom is -0.330 e.